The molecule has 0 aliphatic rings. The lowest BCUT2D eigenvalue weighted by Crippen LogP contribution is -2.01. The molecule has 0 spiro atoms. The molecule has 0 amide bonds. The summed E-state index contributed by atoms with van der Waals surface area (Å²) in [6, 6.07) is 12.8. The second-order valence-corrected chi connectivity index (χ2v) is 5.19. The highest BCUT2D eigenvalue weighted by atomic mass is 35.5. The third-order valence-electron chi connectivity index (χ3n) is 2.37. The van der Waals surface area contributed by atoms with Crippen LogP contribution in [-0.4, -0.2) is 8.42 Å². The average molecular weight is 317 g/mol. The molecule has 0 aromatic heterocycles. The molecule has 7 heteroatoms. The van der Waals surface area contributed by atoms with Gasteiger partial charge in [0, 0.05) is 10.6 Å². The fraction of sp³-hybridized carbons (Fsp3) is 0.0769. The standard InChI is InChI=1S/C13H10ClFO4S/c14-13-4-2-1-3-10(13)9-18-11-5-7-12(8-6-11)19-20(15,16)17/h1-8H,9H2. The first kappa shape index (κ1) is 14.6. The molecule has 2 aromatic carbocycles. The van der Waals surface area contributed by atoms with Gasteiger partial charge in [-0.25, -0.2) is 0 Å². The molecular weight excluding hydrogens is 307 g/mol. The van der Waals surface area contributed by atoms with E-state index in [1.165, 1.54) is 24.3 Å². The average Bonchev–Trinajstić information content (AvgIpc) is 2.38. The van der Waals surface area contributed by atoms with Gasteiger partial charge in [-0.3, -0.25) is 0 Å². The lowest BCUT2D eigenvalue weighted by atomic mass is 10.2. The first-order valence-corrected chi connectivity index (χ1v) is 7.23. The zero-order valence-electron chi connectivity index (χ0n) is 10.1. The van der Waals surface area contributed by atoms with Gasteiger partial charge in [-0.1, -0.05) is 33.7 Å². The summed E-state index contributed by atoms with van der Waals surface area (Å²) >= 11 is 5.98. The summed E-state index contributed by atoms with van der Waals surface area (Å²) in [6.45, 7) is 0.265. The minimum absolute atomic E-state index is 0.127. The Morgan fingerprint density at radius 2 is 1.60 bits per heavy atom. The maximum Gasteiger partial charge on any atom is 0.488 e. The van der Waals surface area contributed by atoms with Crippen molar-refractivity contribution in [1.82, 2.24) is 0 Å². The molecule has 0 radical (unpaired) electrons. The monoisotopic (exact) mass is 316 g/mol. The summed E-state index contributed by atoms with van der Waals surface area (Å²) in [6.07, 6.45) is 0. The summed E-state index contributed by atoms with van der Waals surface area (Å²) in [5, 5.41) is 0.593. The van der Waals surface area contributed by atoms with Crippen LogP contribution in [0.25, 0.3) is 0 Å². The molecule has 2 rings (SSSR count). The molecule has 0 saturated heterocycles. The predicted octanol–water partition coefficient (Wildman–Crippen LogP) is 3.51. The molecule has 0 aliphatic heterocycles. The minimum Gasteiger partial charge on any atom is -0.489 e. The van der Waals surface area contributed by atoms with Gasteiger partial charge < -0.3 is 8.92 Å². The fourth-order valence-electron chi connectivity index (χ4n) is 1.48. The zero-order valence-corrected chi connectivity index (χ0v) is 11.7. The lowest BCUT2D eigenvalue weighted by Gasteiger charge is -2.08. The van der Waals surface area contributed by atoms with E-state index in [1.54, 1.807) is 6.07 Å². The molecule has 0 aliphatic carbocycles. The van der Waals surface area contributed by atoms with E-state index in [9.17, 15) is 12.3 Å². The Balaban J connectivity index is 1.99. The Bertz CT molecular complexity index is 686. The lowest BCUT2D eigenvalue weighted by molar-refractivity contribution is 0.306. The summed E-state index contributed by atoms with van der Waals surface area (Å²) < 4.78 is 42.4. The van der Waals surface area contributed by atoms with Gasteiger partial charge in [0.2, 0.25) is 0 Å². The third-order valence-corrected chi connectivity index (χ3v) is 3.13. The third kappa shape index (κ3) is 4.40. The number of rotatable bonds is 5. The first-order chi connectivity index (χ1) is 9.44. The highest BCUT2D eigenvalue weighted by Crippen LogP contribution is 2.22. The maximum absolute atomic E-state index is 12.3. The molecule has 106 valence electrons. The Morgan fingerprint density at radius 3 is 2.20 bits per heavy atom. The molecule has 20 heavy (non-hydrogen) atoms. The van der Waals surface area contributed by atoms with Crippen LogP contribution >= 0.6 is 11.6 Å². The van der Waals surface area contributed by atoms with Crippen molar-refractivity contribution in [1.29, 1.82) is 0 Å². The Morgan fingerprint density at radius 1 is 1.00 bits per heavy atom. The second-order valence-electron chi connectivity index (χ2n) is 3.83. The van der Waals surface area contributed by atoms with Crippen LogP contribution in [0, 0.1) is 0 Å². The molecule has 0 N–H and O–H groups in total. The molecule has 2 aromatic rings. The number of halogens is 2. The molecule has 0 saturated carbocycles. The van der Waals surface area contributed by atoms with E-state index in [2.05, 4.69) is 4.18 Å². The first-order valence-electron chi connectivity index (χ1n) is 5.54. The maximum atomic E-state index is 12.3. The molecule has 0 unspecified atom stereocenters. The van der Waals surface area contributed by atoms with Crippen molar-refractivity contribution >= 4 is 22.1 Å². The number of hydrogen-bond acceptors (Lipinski definition) is 4. The second kappa shape index (κ2) is 6.11. The Labute approximate surface area is 121 Å². The predicted molar refractivity (Wildman–Crippen MR) is 72.9 cm³/mol. The smallest absolute Gasteiger partial charge is 0.488 e. The van der Waals surface area contributed by atoms with Crippen LogP contribution < -0.4 is 8.92 Å². The van der Waals surface area contributed by atoms with Crippen LogP contribution in [0.3, 0.4) is 0 Å². The van der Waals surface area contributed by atoms with Crippen LogP contribution in [0.4, 0.5) is 3.89 Å². The van der Waals surface area contributed by atoms with Crippen molar-refractivity contribution in [3.8, 4) is 11.5 Å². The van der Waals surface area contributed by atoms with E-state index in [0.717, 1.165) is 5.56 Å². The Hall–Kier alpha value is -1.79. The SMILES string of the molecule is O=S(=O)(F)Oc1ccc(OCc2ccccc2Cl)cc1. The van der Waals surface area contributed by atoms with Gasteiger partial charge in [0.1, 0.15) is 18.1 Å². The van der Waals surface area contributed by atoms with E-state index < -0.39 is 10.5 Å². The molecule has 0 fully saturated rings. The molecule has 0 heterocycles. The summed E-state index contributed by atoms with van der Waals surface area (Å²) in [4.78, 5) is 0. The quantitative estimate of drug-likeness (QED) is 0.792. The van der Waals surface area contributed by atoms with Gasteiger partial charge in [0.05, 0.1) is 0 Å². The minimum atomic E-state index is -5.01. The number of hydrogen-bond donors (Lipinski definition) is 0. The van der Waals surface area contributed by atoms with E-state index in [-0.39, 0.29) is 12.4 Å². The van der Waals surface area contributed by atoms with Crippen LogP contribution in [-0.2, 0) is 17.1 Å². The van der Waals surface area contributed by atoms with Crippen molar-refractivity contribution in [2.24, 2.45) is 0 Å². The van der Waals surface area contributed by atoms with Crippen LogP contribution in [0.15, 0.2) is 48.5 Å². The van der Waals surface area contributed by atoms with Gasteiger partial charge in [-0.2, -0.15) is 8.42 Å². The van der Waals surface area contributed by atoms with E-state index in [1.807, 2.05) is 18.2 Å². The van der Waals surface area contributed by atoms with Crippen LogP contribution in [0.1, 0.15) is 5.56 Å². The van der Waals surface area contributed by atoms with Crippen molar-refractivity contribution in [2.75, 3.05) is 0 Å². The molecular formula is C13H10ClFO4S. The topological polar surface area (TPSA) is 52.6 Å². The zero-order chi connectivity index (χ0) is 14.6. The fourth-order valence-corrected chi connectivity index (χ4v) is 2.01. The van der Waals surface area contributed by atoms with Crippen molar-refractivity contribution in [3.63, 3.8) is 0 Å². The van der Waals surface area contributed by atoms with Crippen molar-refractivity contribution in [2.45, 2.75) is 6.61 Å². The van der Waals surface area contributed by atoms with Gasteiger partial charge in [0.25, 0.3) is 0 Å². The highest BCUT2D eigenvalue weighted by molar-refractivity contribution is 7.81. The number of benzene rings is 2. The molecule has 0 atom stereocenters. The van der Waals surface area contributed by atoms with E-state index in [4.69, 9.17) is 16.3 Å². The van der Waals surface area contributed by atoms with Gasteiger partial charge in [-0.15, -0.1) is 0 Å². The Kier molecular flexibility index (Phi) is 4.46. The van der Waals surface area contributed by atoms with Gasteiger partial charge >= 0.3 is 10.5 Å². The van der Waals surface area contributed by atoms with Crippen molar-refractivity contribution < 1.29 is 21.2 Å². The molecule has 0 bridgehead atoms. The van der Waals surface area contributed by atoms with E-state index in [0.29, 0.717) is 10.8 Å². The number of ether oxygens (including phenoxy) is 1. The van der Waals surface area contributed by atoms with Gasteiger partial charge in [0.15, 0.2) is 0 Å². The summed E-state index contributed by atoms with van der Waals surface area (Å²) in [7, 11) is -5.01. The largest absolute Gasteiger partial charge is 0.489 e. The van der Waals surface area contributed by atoms with Gasteiger partial charge in [-0.05, 0) is 30.3 Å². The summed E-state index contributed by atoms with van der Waals surface area (Å²) in [5.41, 5.74) is 0.820. The van der Waals surface area contributed by atoms with Crippen LogP contribution in [0.5, 0.6) is 11.5 Å². The normalized spacial score (nSPS) is 11.1. The molecule has 4 nitrogen and oxygen atoms in total. The highest BCUT2D eigenvalue weighted by Gasteiger charge is 2.09. The summed E-state index contributed by atoms with van der Waals surface area (Å²) in [5.74, 6) is 0.353. The van der Waals surface area contributed by atoms with Crippen LogP contribution in [0.2, 0.25) is 5.02 Å². The van der Waals surface area contributed by atoms with Crippen molar-refractivity contribution in [3.05, 3.63) is 59.1 Å². The van der Waals surface area contributed by atoms with E-state index >= 15 is 0 Å².